The Kier molecular flexibility index (Phi) is 10.8. The molecule has 4 nitrogen and oxygen atoms in total. The smallest absolute Gasteiger partial charge is 0.243 e. The molecule has 0 aliphatic rings. The van der Waals surface area contributed by atoms with E-state index in [-0.39, 0.29) is 29.3 Å². The molecule has 7 heteroatoms. The normalized spacial score (nSPS) is 11.8. The van der Waals surface area contributed by atoms with Gasteiger partial charge >= 0.3 is 0 Å². The van der Waals surface area contributed by atoms with Crippen LogP contribution in [-0.4, -0.2) is 35.1 Å². The minimum Gasteiger partial charge on any atom is -0.354 e. The summed E-state index contributed by atoms with van der Waals surface area (Å²) in [5.74, 6) is 0.483. The van der Waals surface area contributed by atoms with E-state index in [0.717, 1.165) is 16.7 Å². The lowest BCUT2D eigenvalue weighted by atomic mass is 10.0. The highest BCUT2D eigenvalue weighted by Gasteiger charge is 2.30. The van der Waals surface area contributed by atoms with Crippen LogP contribution in [-0.2, 0) is 28.3 Å². The molecule has 0 radical (unpaired) electrons. The third-order valence-corrected chi connectivity index (χ3v) is 6.87. The van der Waals surface area contributed by atoms with Crippen LogP contribution in [0.4, 0.5) is 4.39 Å². The second kappa shape index (κ2) is 14.0. The average Bonchev–Trinajstić information content (AvgIpc) is 2.87. The number of rotatable bonds is 12. The molecule has 1 N–H and O–H groups in total. The van der Waals surface area contributed by atoms with Gasteiger partial charge in [0.1, 0.15) is 11.9 Å². The SMILES string of the molecule is CC(C)CNC(=O)[C@H](Cc1ccccc1)N(Cc1ccc(Cl)cc1)C(=O)CSCc1ccc(F)cc1. The molecule has 3 aromatic carbocycles. The Labute approximate surface area is 222 Å². The second-order valence-corrected chi connectivity index (χ2v) is 10.5. The molecule has 1 atom stereocenters. The highest BCUT2D eigenvalue weighted by atomic mass is 35.5. The molecule has 0 aliphatic carbocycles. The molecular formula is C29H32ClFN2O2S. The van der Waals surface area contributed by atoms with Crippen LogP contribution in [0.3, 0.4) is 0 Å². The zero-order valence-corrected chi connectivity index (χ0v) is 22.2. The first-order chi connectivity index (χ1) is 17.3. The zero-order valence-electron chi connectivity index (χ0n) is 20.6. The van der Waals surface area contributed by atoms with E-state index < -0.39 is 6.04 Å². The number of amides is 2. The van der Waals surface area contributed by atoms with Crippen molar-refractivity contribution in [1.82, 2.24) is 10.2 Å². The highest BCUT2D eigenvalue weighted by molar-refractivity contribution is 7.99. The van der Waals surface area contributed by atoms with Crippen LogP contribution in [0.25, 0.3) is 0 Å². The zero-order chi connectivity index (χ0) is 25.9. The molecule has 0 bridgehead atoms. The second-order valence-electron chi connectivity index (χ2n) is 9.11. The molecule has 0 aliphatic heterocycles. The average molecular weight is 527 g/mol. The van der Waals surface area contributed by atoms with E-state index in [1.807, 2.05) is 56.3 Å². The van der Waals surface area contributed by atoms with E-state index in [9.17, 15) is 14.0 Å². The number of halogens is 2. The molecule has 0 saturated carbocycles. The van der Waals surface area contributed by atoms with Crippen molar-refractivity contribution in [1.29, 1.82) is 0 Å². The van der Waals surface area contributed by atoms with Crippen LogP contribution in [0.5, 0.6) is 0 Å². The number of nitrogens with zero attached hydrogens (tertiary/aromatic N) is 1. The van der Waals surface area contributed by atoms with Gasteiger partial charge in [-0.1, -0.05) is 80.0 Å². The fraction of sp³-hybridized carbons (Fsp3) is 0.310. The highest BCUT2D eigenvalue weighted by Crippen LogP contribution is 2.20. The van der Waals surface area contributed by atoms with Gasteiger partial charge in [0, 0.05) is 30.3 Å². The van der Waals surface area contributed by atoms with E-state index in [2.05, 4.69) is 5.32 Å². The molecule has 0 unspecified atom stereocenters. The maximum atomic E-state index is 13.6. The molecular weight excluding hydrogens is 495 g/mol. The molecule has 0 aromatic heterocycles. The molecule has 0 fully saturated rings. The third kappa shape index (κ3) is 8.99. The minimum atomic E-state index is -0.666. The summed E-state index contributed by atoms with van der Waals surface area (Å²) in [7, 11) is 0. The summed E-state index contributed by atoms with van der Waals surface area (Å²) in [6.07, 6.45) is 0.409. The summed E-state index contributed by atoms with van der Waals surface area (Å²) < 4.78 is 13.2. The van der Waals surface area contributed by atoms with E-state index in [1.165, 1.54) is 23.9 Å². The predicted molar refractivity (Wildman–Crippen MR) is 146 cm³/mol. The van der Waals surface area contributed by atoms with Crippen molar-refractivity contribution >= 4 is 35.2 Å². The lowest BCUT2D eigenvalue weighted by Gasteiger charge is -2.32. The number of benzene rings is 3. The predicted octanol–water partition coefficient (Wildman–Crippen LogP) is 6.12. The first-order valence-corrected chi connectivity index (χ1v) is 13.5. The van der Waals surface area contributed by atoms with Crippen LogP contribution >= 0.6 is 23.4 Å². The Morgan fingerprint density at radius 1 is 0.917 bits per heavy atom. The Hall–Kier alpha value is -2.83. The fourth-order valence-electron chi connectivity index (χ4n) is 3.68. The molecule has 3 rings (SSSR count). The van der Waals surface area contributed by atoms with Gasteiger partial charge in [0.25, 0.3) is 0 Å². The van der Waals surface area contributed by atoms with Crippen LogP contribution in [0.2, 0.25) is 5.02 Å². The Morgan fingerprint density at radius 3 is 2.19 bits per heavy atom. The van der Waals surface area contributed by atoms with E-state index >= 15 is 0 Å². The number of carbonyl (C=O) groups is 2. The van der Waals surface area contributed by atoms with Gasteiger partial charge < -0.3 is 10.2 Å². The quantitative estimate of drug-likeness (QED) is 0.309. The Balaban J connectivity index is 1.82. The molecule has 0 saturated heterocycles. The van der Waals surface area contributed by atoms with Gasteiger partial charge in [0.2, 0.25) is 11.8 Å². The molecule has 2 amide bonds. The molecule has 0 spiro atoms. The van der Waals surface area contributed by atoms with Crippen LogP contribution < -0.4 is 5.32 Å². The minimum absolute atomic E-state index is 0.127. The summed E-state index contributed by atoms with van der Waals surface area (Å²) in [5.41, 5.74) is 2.81. The van der Waals surface area contributed by atoms with Crippen molar-refractivity contribution in [2.75, 3.05) is 12.3 Å². The van der Waals surface area contributed by atoms with Gasteiger partial charge in [0.05, 0.1) is 5.75 Å². The lowest BCUT2D eigenvalue weighted by molar-refractivity contribution is -0.139. The van der Waals surface area contributed by atoms with Gasteiger partial charge in [-0.3, -0.25) is 9.59 Å². The number of hydrogen-bond acceptors (Lipinski definition) is 3. The van der Waals surface area contributed by atoms with Gasteiger partial charge in [-0.05, 0) is 46.9 Å². The first kappa shape index (κ1) is 27.8. The molecule has 0 heterocycles. The largest absolute Gasteiger partial charge is 0.354 e. The molecule has 190 valence electrons. The topological polar surface area (TPSA) is 49.4 Å². The van der Waals surface area contributed by atoms with Crippen molar-refractivity contribution in [3.05, 3.63) is 106 Å². The summed E-state index contributed by atoms with van der Waals surface area (Å²) in [6.45, 7) is 4.90. The van der Waals surface area contributed by atoms with Gasteiger partial charge in [-0.15, -0.1) is 11.8 Å². The number of nitrogens with one attached hydrogen (secondary N) is 1. The monoisotopic (exact) mass is 526 g/mol. The number of hydrogen-bond donors (Lipinski definition) is 1. The number of carbonyl (C=O) groups excluding carboxylic acids is 2. The molecule has 36 heavy (non-hydrogen) atoms. The third-order valence-electron chi connectivity index (χ3n) is 5.63. The van der Waals surface area contributed by atoms with E-state index in [0.29, 0.717) is 30.3 Å². The van der Waals surface area contributed by atoms with Crippen molar-refractivity contribution in [3.8, 4) is 0 Å². The van der Waals surface area contributed by atoms with Gasteiger partial charge in [0.15, 0.2) is 0 Å². The summed E-state index contributed by atoms with van der Waals surface area (Å²) in [6, 6.07) is 22.7. The van der Waals surface area contributed by atoms with E-state index in [4.69, 9.17) is 11.6 Å². The summed E-state index contributed by atoms with van der Waals surface area (Å²) >= 11 is 7.52. The van der Waals surface area contributed by atoms with Crippen molar-refractivity contribution in [3.63, 3.8) is 0 Å². The van der Waals surface area contributed by atoms with E-state index in [1.54, 1.807) is 29.2 Å². The summed E-state index contributed by atoms with van der Waals surface area (Å²) in [4.78, 5) is 28.6. The van der Waals surface area contributed by atoms with Crippen LogP contribution in [0.1, 0.15) is 30.5 Å². The van der Waals surface area contributed by atoms with Gasteiger partial charge in [-0.25, -0.2) is 4.39 Å². The standard InChI is InChI=1S/C29H32ClFN2O2S/c1-21(2)17-32-29(35)27(16-22-6-4-3-5-7-22)33(18-23-8-12-25(30)13-9-23)28(34)20-36-19-24-10-14-26(31)15-11-24/h3-15,21,27H,16-20H2,1-2H3,(H,32,35)/t27-/m0/s1. The van der Waals surface area contributed by atoms with Crippen molar-refractivity contribution in [2.24, 2.45) is 5.92 Å². The van der Waals surface area contributed by atoms with Crippen LogP contribution in [0, 0.1) is 11.7 Å². The Morgan fingerprint density at radius 2 is 1.56 bits per heavy atom. The lowest BCUT2D eigenvalue weighted by Crippen LogP contribution is -2.51. The Bertz CT molecular complexity index is 1110. The summed E-state index contributed by atoms with van der Waals surface area (Å²) in [5, 5.41) is 3.64. The van der Waals surface area contributed by atoms with Crippen molar-refractivity contribution in [2.45, 2.75) is 38.6 Å². The van der Waals surface area contributed by atoms with Crippen molar-refractivity contribution < 1.29 is 14.0 Å². The maximum Gasteiger partial charge on any atom is 0.243 e. The van der Waals surface area contributed by atoms with Gasteiger partial charge in [-0.2, -0.15) is 0 Å². The maximum absolute atomic E-state index is 13.6. The number of thioether (sulfide) groups is 1. The first-order valence-electron chi connectivity index (χ1n) is 12.0. The fourth-order valence-corrected chi connectivity index (χ4v) is 4.68. The molecule has 3 aromatic rings. The van der Waals surface area contributed by atoms with Crippen LogP contribution in [0.15, 0.2) is 78.9 Å².